The Bertz CT molecular complexity index is 134. The number of nitrogens with one attached hydrogen (secondary N) is 1. The first-order valence-electron chi connectivity index (χ1n) is 3.71. The minimum Gasteiger partial charge on any atom is -0.384 e. The Morgan fingerprint density at radius 1 is 1.60 bits per heavy atom. The predicted octanol–water partition coefficient (Wildman–Crippen LogP) is 0.943. The smallest absolute Gasteiger partial charge is 0.0499 e. The summed E-state index contributed by atoms with van der Waals surface area (Å²) in [5.74, 6) is 0. The van der Waals surface area contributed by atoms with E-state index in [4.69, 9.17) is 4.74 Å². The van der Waals surface area contributed by atoms with Crippen molar-refractivity contribution in [3.63, 3.8) is 0 Å². The third-order valence-corrected chi connectivity index (χ3v) is 1.96. The van der Waals surface area contributed by atoms with Crippen LogP contribution in [0.5, 0.6) is 0 Å². The highest BCUT2D eigenvalue weighted by Gasteiger charge is 2.09. The third kappa shape index (κ3) is 1.82. The van der Waals surface area contributed by atoms with Crippen LogP contribution in [0.25, 0.3) is 0 Å². The number of rotatable bonds is 3. The van der Waals surface area contributed by atoms with E-state index < -0.39 is 0 Å². The van der Waals surface area contributed by atoms with Crippen molar-refractivity contribution in [2.45, 2.75) is 13.3 Å². The highest BCUT2D eigenvalue weighted by atomic mass is 16.5. The molecular weight excluding hydrogens is 126 g/mol. The van der Waals surface area contributed by atoms with Gasteiger partial charge in [-0.25, -0.2) is 0 Å². The van der Waals surface area contributed by atoms with Crippen LogP contribution in [0.15, 0.2) is 11.1 Å². The second-order valence-electron chi connectivity index (χ2n) is 2.73. The topological polar surface area (TPSA) is 21.3 Å². The molecule has 0 saturated carbocycles. The van der Waals surface area contributed by atoms with Gasteiger partial charge in [-0.3, -0.25) is 0 Å². The van der Waals surface area contributed by atoms with Crippen LogP contribution in [0.1, 0.15) is 13.3 Å². The maximum atomic E-state index is 4.98. The van der Waals surface area contributed by atoms with Gasteiger partial charge in [-0.1, -0.05) is 5.57 Å². The lowest BCUT2D eigenvalue weighted by Gasteiger charge is -2.21. The fourth-order valence-corrected chi connectivity index (χ4v) is 0.984. The third-order valence-electron chi connectivity index (χ3n) is 1.96. The van der Waals surface area contributed by atoms with Gasteiger partial charge < -0.3 is 10.1 Å². The maximum absolute atomic E-state index is 4.98. The van der Waals surface area contributed by atoms with Gasteiger partial charge in [-0.15, -0.1) is 0 Å². The van der Waals surface area contributed by atoms with E-state index in [0.29, 0.717) is 0 Å². The summed E-state index contributed by atoms with van der Waals surface area (Å²) in [6.07, 6.45) is 1.09. The van der Waals surface area contributed by atoms with E-state index in [0.717, 1.165) is 26.1 Å². The van der Waals surface area contributed by atoms with Crippen molar-refractivity contribution in [1.82, 2.24) is 5.32 Å². The molecule has 0 aromatic carbocycles. The Labute approximate surface area is 62.3 Å². The van der Waals surface area contributed by atoms with Crippen molar-refractivity contribution in [2.24, 2.45) is 0 Å². The molecule has 2 nitrogen and oxygen atoms in total. The van der Waals surface area contributed by atoms with Crippen LogP contribution >= 0.6 is 0 Å². The SMILES string of the molecule is COCCC(C)=C1CNC1. The lowest BCUT2D eigenvalue weighted by molar-refractivity contribution is 0.201. The first kappa shape index (κ1) is 7.76. The number of ether oxygens (including phenoxy) is 1. The fraction of sp³-hybridized carbons (Fsp3) is 0.750. The minimum atomic E-state index is 0.856. The molecule has 0 bridgehead atoms. The Morgan fingerprint density at radius 2 is 2.30 bits per heavy atom. The normalized spacial score (nSPS) is 16.8. The van der Waals surface area contributed by atoms with Gasteiger partial charge in [0.25, 0.3) is 0 Å². The van der Waals surface area contributed by atoms with E-state index >= 15 is 0 Å². The highest BCUT2D eigenvalue weighted by molar-refractivity contribution is 5.21. The molecule has 1 aliphatic heterocycles. The molecule has 0 radical (unpaired) electrons. The van der Waals surface area contributed by atoms with Crippen LogP contribution in [0.2, 0.25) is 0 Å². The van der Waals surface area contributed by atoms with Gasteiger partial charge in [0.1, 0.15) is 0 Å². The molecular formula is C8H15NO. The van der Waals surface area contributed by atoms with Crippen LogP contribution in [-0.2, 0) is 4.74 Å². The van der Waals surface area contributed by atoms with E-state index in [1.807, 2.05) is 0 Å². The lowest BCUT2D eigenvalue weighted by atomic mass is 10.0. The Hall–Kier alpha value is -0.340. The van der Waals surface area contributed by atoms with Crippen molar-refractivity contribution < 1.29 is 4.74 Å². The first-order chi connectivity index (χ1) is 4.84. The summed E-state index contributed by atoms with van der Waals surface area (Å²) in [5.41, 5.74) is 3.07. The maximum Gasteiger partial charge on any atom is 0.0499 e. The summed E-state index contributed by atoms with van der Waals surface area (Å²) < 4.78 is 4.98. The van der Waals surface area contributed by atoms with Crippen LogP contribution in [0.3, 0.4) is 0 Å². The molecule has 0 spiro atoms. The zero-order valence-electron chi connectivity index (χ0n) is 6.74. The summed E-state index contributed by atoms with van der Waals surface area (Å²) in [5, 5.41) is 3.22. The Morgan fingerprint density at radius 3 is 2.70 bits per heavy atom. The van der Waals surface area contributed by atoms with Crippen LogP contribution in [-0.4, -0.2) is 26.8 Å². The molecule has 10 heavy (non-hydrogen) atoms. The average Bonchev–Trinajstić information content (AvgIpc) is 1.79. The van der Waals surface area contributed by atoms with Crippen LogP contribution in [0.4, 0.5) is 0 Å². The lowest BCUT2D eigenvalue weighted by Crippen LogP contribution is -2.34. The second-order valence-corrected chi connectivity index (χ2v) is 2.73. The van der Waals surface area contributed by atoms with Gasteiger partial charge in [0.2, 0.25) is 0 Å². The van der Waals surface area contributed by atoms with Gasteiger partial charge >= 0.3 is 0 Å². The molecule has 2 heteroatoms. The van der Waals surface area contributed by atoms with E-state index in [-0.39, 0.29) is 0 Å². The van der Waals surface area contributed by atoms with Crippen molar-refractivity contribution >= 4 is 0 Å². The van der Waals surface area contributed by atoms with Crippen molar-refractivity contribution in [1.29, 1.82) is 0 Å². The first-order valence-corrected chi connectivity index (χ1v) is 3.71. The van der Waals surface area contributed by atoms with E-state index in [2.05, 4.69) is 12.2 Å². The van der Waals surface area contributed by atoms with Gasteiger partial charge in [0.15, 0.2) is 0 Å². The van der Waals surface area contributed by atoms with Crippen LogP contribution < -0.4 is 5.32 Å². The Balaban J connectivity index is 2.25. The molecule has 0 aromatic heterocycles. The number of hydrogen-bond donors (Lipinski definition) is 1. The molecule has 1 N–H and O–H groups in total. The summed E-state index contributed by atoms with van der Waals surface area (Å²) >= 11 is 0. The largest absolute Gasteiger partial charge is 0.384 e. The van der Waals surface area contributed by atoms with Gasteiger partial charge in [-0.2, -0.15) is 0 Å². The second kappa shape index (κ2) is 3.74. The molecule has 0 aromatic rings. The molecule has 1 heterocycles. The quantitative estimate of drug-likeness (QED) is 0.591. The summed E-state index contributed by atoms with van der Waals surface area (Å²) in [6.45, 7) is 5.23. The number of hydrogen-bond acceptors (Lipinski definition) is 2. The summed E-state index contributed by atoms with van der Waals surface area (Å²) in [4.78, 5) is 0. The molecule has 58 valence electrons. The van der Waals surface area contributed by atoms with Crippen molar-refractivity contribution in [3.05, 3.63) is 11.1 Å². The average molecular weight is 141 g/mol. The zero-order valence-corrected chi connectivity index (χ0v) is 6.74. The van der Waals surface area contributed by atoms with Crippen molar-refractivity contribution in [2.75, 3.05) is 26.8 Å². The minimum absolute atomic E-state index is 0.856. The number of methoxy groups -OCH3 is 1. The molecule has 1 fully saturated rings. The molecule has 0 amide bonds. The Kier molecular flexibility index (Phi) is 2.90. The standard InChI is InChI=1S/C8H15NO/c1-7(3-4-10-2)8-5-9-6-8/h9H,3-6H2,1-2H3. The van der Waals surface area contributed by atoms with Gasteiger partial charge in [0, 0.05) is 26.8 Å². The van der Waals surface area contributed by atoms with Gasteiger partial charge in [0.05, 0.1) is 0 Å². The molecule has 0 atom stereocenters. The molecule has 0 aliphatic carbocycles. The van der Waals surface area contributed by atoms with E-state index in [1.54, 1.807) is 12.7 Å². The summed E-state index contributed by atoms with van der Waals surface area (Å²) in [6, 6.07) is 0. The van der Waals surface area contributed by atoms with Crippen molar-refractivity contribution in [3.8, 4) is 0 Å². The summed E-state index contributed by atoms with van der Waals surface area (Å²) in [7, 11) is 1.75. The predicted molar refractivity (Wildman–Crippen MR) is 42.1 cm³/mol. The molecule has 1 aliphatic rings. The monoisotopic (exact) mass is 141 g/mol. The highest BCUT2D eigenvalue weighted by Crippen LogP contribution is 2.11. The van der Waals surface area contributed by atoms with E-state index in [9.17, 15) is 0 Å². The molecule has 1 rings (SSSR count). The van der Waals surface area contributed by atoms with Crippen LogP contribution in [0, 0.1) is 0 Å². The van der Waals surface area contributed by atoms with E-state index in [1.165, 1.54) is 5.57 Å². The molecule has 0 unspecified atom stereocenters. The zero-order chi connectivity index (χ0) is 7.40. The fourth-order valence-electron chi connectivity index (χ4n) is 0.984. The molecule has 1 saturated heterocycles. The van der Waals surface area contributed by atoms with Gasteiger partial charge in [-0.05, 0) is 18.9 Å².